The van der Waals surface area contributed by atoms with Gasteiger partial charge >= 0.3 is 0 Å². The molecule has 0 saturated heterocycles. The summed E-state index contributed by atoms with van der Waals surface area (Å²) < 4.78 is 10.5. The molecule has 6 nitrogen and oxygen atoms in total. The smallest absolute Gasteiger partial charge is 0.231 e. The fourth-order valence-electron chi connectivity index (χ4n) is 1.38. The van der Waals surface area contributed by atoms with Crippen LogP contribution in [0.1, 0.15) is 5.56 Å². The number of hydrogen-bond donors (Lipinski definition) is 4. The normalized spacial score (nSPS) is 12.3. The summed E-state index contributed by atoms with van der Waals surface area (Å²) in [5.41, 5.74) is 5.96. The molecule has 0 atom stereocenters. The third kappa shape index (κ3) is 2.99. The molecule has 5 N–H and O–H groups in total. The Labute approximate surface area is 113 Å². The molecule has 0 amide bonds. The van der Waals surface area contributed by atoms with Gasteiger partial charge in [-0.3, -0.25) is 10.8 Å². The van der Waals surface area contributed by atoms with Gasteiger partial charge in [0.25, 0.3) is 0 Å². The second-order valence-corrected chi connectivity index (χ2v) is 4.85. The Balaban J connectivity index is 2.01. The number of amidine groups is 1. The van der Waals surface area contributed by atoms with E-state index >= 15 is 0 Å². The molecular weight excluding hydrogens is 276 g/mol. The van der Waals surface area contributed by atoms with Gasteiger partial charge in [0, 0.05) is 16.8 Å². The van der Waals surface area contributed by atoms with Gasteiger partial charge in [0.05, 0.1) is 0 Å². The van der Waals surface area contributed by atoms with Crippen molar-refractivity contribution >= 4 is 34.5 Å². The molecule has 0 fully saturated rings. The molecule has 0 unspecified atom stereocenters. The molecule has 1 aliphatic rings. The van der Waals surface area contributed by atoms with Crippen molar-refractivity contribution in [2.45, 2.75) is 5.75 Å². The zero-order valence-electron chi connectivity index (χ0n) is 9.25. The van der Waals surface area contributed by atoms with Crippen LogP contribution in [-0.4, -0.2) is 17.9 Å². The minimum Gasteiger partial charge on any atom is -0.454 e. The minimum atomic E-state index is -0.260. The summed E-state index contributed by atoms with van der Waals surface area (Å²) in [6.07, 6.45) is 0. The van der Waals surface area contributed by atoms with Crippen molar-refractivity contribution in [2.75, 3.05) is 6.79 Å². The van der Waals surface area contributed by atoms with Crippen LogP contribution in [0.25, 0.3) is 0 Å². The van der Waals surface area contributed by atoms with Gasteiger partial charge in [-0.25, -0.2) is 0 Å². The maximum Gasteiger partial charge on any atom is 0.231 e. The number of nitrogens with one attached hydrogen (secondary N) is 3. The number of rotatable bonds is 2. The first kappa shape index (κ1) is 12.8. The molecule has 18 heavy (non-hydrogen) atoms. The molecule has 0 bridgehead atoms. The summed E-state index contributed by atoms with van der Waals surface area (Å²) >= 11 is 7.28. The van der Waals surface area contributed by atoms with Crippen LogP contribution in [-0.2, 0) is 5.75 Å². The summed E-state index contributed by atoms with van der Waals surface area (Å²) in [4.78, 5) is 0. The molecule has 0 spiro atoms. The first-order valence-corrected chi connectivity index (χ1v) is 6.33. The van der Waals surface area contributed by atoms with E-state index < -0.39 is 0 Å². The zero-order chi connectivity index (χ0) is 13.1. The van der Waals surface area contributed by atoms with Crippen molar-refractivity contribution in [1.82, 2.24) is 5.32 Å². The van der Waals surface area contributed by atoms with E-state index in [4.69, 9.17) is 37.6 Å². The number of halogens is 1. The highest BCUT2D eigenvalue weighted by Gasteiger charge is 2.16. The highest BCUT2D eigenvalue weighted by Crippen LogP contribution is 2.37. The number of nitrogens with two attached hydrogens (primary N) is 1. The van der Waals surface area contributed by atoms with Gasteiger partial charge < -0.3 is 20.5 Å². The van der Waals surface area contributed by atoms with Crippen LogP contribution in [0.4, 0.5) is 0 Å². The van der Waals surface area contributed by atoms with Gasteiger partial charge in [0.2, 0.25) is 6.79 Å². The van der Waals surface area contributed by atoms with Crippen molar-refractivity contribution in [3.05, 3.63) is 22.7 Å². The van der Waals surface area contributed by atoms with Crippen LogP contribution in [0.2, 0.25) is 5.02 Å². The molecule has 0 aromatic heterocycles. The highest BCUT2D eigenvalue weighted by molar-refractivity contribution is 8.13. The highest BCUT2D eigenvalue weighted by atomic mass is 35.5. The Hall–Kier alpha value is -1.60. The van der Waals surface area contributed by atoms with E-state index in [0.717, 1.165) is 5.56 Å². The number of thioether (sulfide) groups is 1. The Kier molecular flexibility index (Phi) is 3.83. The molecule has 1 heterocycles. The zero-order valence-corrected chi connectivity index (χ0v) is 10.8. The van der Waals surface area contributed by atoms with Crippen LogP contribution < -0.4 is 20.5 Å². The molecule has 1 aliphatic heterocycles. The summed E-state index contributed by atoms with van der Waals surface area (Å²) in [6.45, 7) is 0.198. The SMILES string of the molecule is N=C(N)NC(=N)SCc1cc2c(cc1Cl)OCO2. The predicted molar refractivity (Wildman–Crippen MR) is 71.6 cm³/mol. The first-order chi connectivity index (χ1) is 8.56. The maximum absolute atomic E-state index is 7.52. The number of fused-ring (bicyclic) bond motifs is 1. The summed E-state index contributed by atoms with van der Waals surface area (Å²) in [5.74, 6) is 1.50. The van der Waals surface area contributed by atoms with Crippen LogP contribution in [0.5, 0.6) is 11.5 Å². The van der Waals surface area contributed by atoms with Gasteiger partial charge in [-0.2, -0.15) is 0 Å². The molecule has 0 radical (unpaired) electrons. The summed E-state index contributed by atoms with van der Waals surface area (Å²) in [6, 6.07) is 3.49. The van der Waals surface area contributed by atoms with E-state index in [9.17, 15) is 0 Å². The van der Waals surface area contributed by atoms with Crippen LogP contribution in [0, 0.1) is 10.8 Å². The Morgan fingerprint density at radius 3 is 2.72 bits per heavy atom. The van der Waals surface area contributed by atoms with Crippen LogP contribution >= 0.6 is 23.4 Å². The number of ether oxygens (including phenoxy) is 2. The molecular formula is C10H11ClN4O2S. The third-order valence-electron chi connectivity index (χ3n) is 2.16. The largest absolute Gasteiger partial charge is 0.454 e. The minimum absolute atomic E-state index is 0.0937. The Bertz CT molecular complexity index is 509. The second-order valence-electron chi connectivity index (χ2n) is 3.45. The molecule has 1 aromatic rings. The first-order valence-electron chi connectivity index (χ1n) is 4.96. The standard InChI is InChI=1S/C10H11ClN4O2S/c11-6-2-8-7(16-4-17-8)1-5(6)3-18-10(14)15-9(12)13/h1-2H,3-4H2,(H5,12,13,14,15). The van der Waals surface area contributed by atoms with E-state index in [0.29, 0.717) is 22.3 Å². The van der Waals surface area contributed by atoms with Crippen molar-refractivity contribution in [3.8, 4) is 11.5 Å². The van der Waals surface area contributed by atoms with Gasteiger partial charge in [-0.15, -0.1) is 0 Å². The lowest BCUT2D eigenvalue weighted by Crippen LogP contribution is -2.33. The van der Waals surface area contributed by atoms with E-state index in [2.05, 4.69) is 5.32 Å². The molecule has 96 valence electrons. The maximum atomic E-state index is 7.52. The van der Waals surface area contributed by atoms with Gasteiger partial charge in [-0.05, 0) is 11.6 Å². The lowest BCUT2D eigenvalue weighted by Gasteiger charge is -2.07. The predicted octanol–water partition coefficient (Wildman–Crippen LogP) is 1.72. The number of guanidine groups is 1. The van der Waals surface area contributed by atoms with Gasteiger partial charge in [-0.1, -0.05) is 23.4 Å². The van der Waals surface area contributed by atoms with Crippen LogP contribution in [0.15, 0.2) is 12.1 Å². The molecule has 8 heteroatoms. The average Bonchev–Trinajstić information content (AvgIpc) is 2.71. The lowest BCUT2D eigenvalue weighted by molar-refractivity contribution is 0.174. The Morgan fingerprint density at radius 1 is 1.39 bits per heavy atom. The molecule has 0 saturated carbocycles. The number of benzene rings is 1. The van der Waals surface area contributed by atoms with Gasteiger partial charge in [0.1, 0.15) is 0 Å². The van der Waals surface area contributed by atoms with Crippen molar-refractivity contribution < 1.29 is 9.47 Å². The fraction of sp³-hybridized carbons (Fsp3) is 0.200. The molecule has 1 aromatic carbocycles. The summed E-state index contributed by atoms with van der Waals surface area (Å²) in [5, 5.41) is 17.6. The van der Waals surface area contributed by atoms with Crippen LogP contribution in [0.3, 0.4) is 0 Å². The van der Waals surface area contributed by atoms with Gasteiger partial charge in [0.15, 0.2) is 22.6 Å². The molecule has 0 aliphatic carbocycles. The van der Waals surface area contributed by atoms with E-state index in [1.165, 1.54) is 11.8 Å². The topological polar surface area (TPSA) is 104 Å². The summed E-state index contributed by atoms with van der Waals surface area (Å²) in [7, 11) is 0. The number of hydrogen-bond acceptors (Lipinski definition) is 5. The second kappa shape index (κ2) is 5.36. The van der Waals surface area contributed by atoms with Crippen molar-refractivity contribution in [2.24, 2.45) is 5.73 Å². The van der Waals surface area contributed by atoms with Crippen molar-refractivity contribution in [3.63, 3.8) is 0 Å². The monoisotopic (exact) mass is 286 g/mol. The quantitative estimate of drug-likeness (QED) is 0.489. The fourth-order valence-corrected chi connectivity index (χ4v) is 2.40. The Morgan fingerprint density at radius 2 is 2.06 bits per heavy atom. The average molecular weight is 287 g/mol. The van der Waals surface area contributed by atoms with Crippen molar-refractivity contribution in [1.29, 1.82) is 10.8 Å². The van der Waals surface area contributed by atoms with E-state index in [1.54, 1.807) is 12.1 Å². The molecule has 2 rings (SSSR count). The van der Waals surface area contributed by atoms with E-state index in [1.807, 2.05) is 0 Å². The third-order valence-corrected chi connectivity index (χ3v) is 3.36. The van der Waals surface area contributed by atoms with E-state index in [-0.39, 0.29) is 17.9 Å². The lowest BCUT2D eigenvalue weighted by atomic mass is 10.2.